The highest BCUT2D eigenvalue weighted by atomic mass is 32.2. The maximum Gasteiger partial charge on any atom is 0.253 e. The van der Waals surface area contributed by atoms with Crippen molar-refractivity contribution in [2.75, 3.05) is 0 Å². The predicted octanol–water partition coefficient (Wildman–Crippen LogP) is 0.765. The molecule has 0 heterocycles. The molecule has 7 heteroatoms. The van der Waals surface area contributed by atoms with E-state index in [0.717, 1.165) is 6.07 Å². The lowest BCUT2D eigenvalue weighted by atomic mass is 10.3. The quantitative estimate of drug-likeness (QED) is 0.609. The minimum absolute atomic E-state index is 0.00553. The Labute approximate surface area is 93.4 Å². The van der Waals surface area contributed by atoms with Gasteiger partial charge in [0.1, 0.15) is 0 Å². The minimum atomic E-state index is -3.83. The van der Waals surface area contributed by atoms with E-state index in [1.165, 1.54) is 12.1 Å². The summed E-state index contributed by atoms with van der Waals surface area (Å²) in [5, 5.41) is 0. The van der Waals surface area contributed by atoms with E-state index in [1.807, 2.05) is 0 Å². The lowest BCUT2D eigenvalue weighted by molar-refractivity contribution is 0.231. The van der Waals surface area contributed by atoms with Crippen LogP contribution in [-0.2, 0) is 10.0 Å². The van der Waals surface area contributed by atoms with Crippen molar-refractivity contribution in [1.82, 2.24) is 4.83 Å². The largest absolute Gasteiger partial charge is 0.488 e. The summed E-state index contributed by atoms with van der Waals surface area (Å²) in [7, 11) is -3.83. The molecule has 0 saturated carbocycles. The van der Waals surface area contributed by atoms with Crippen LogP contribution in [0.1, 0.15) is 13.8 Å². The van der Waals surface area contributed by atoms with Crippen molar-refractivity contribution in [3.05, 3.63) is 24.0 Å². The zero-order valence-corrected chi connectivity index (χ0v) is 9.71. The van der Waals surface area contributed by atoms with E-state index < -0.39 is 15.8 Å². The summed E-state index contributed by atoms with van der Waals surface area (Å²) in [6.45, 7) is 3.48. The molecule has 0 spiro atoms. The molecule has 1 aromatic rings. The number of halogens is 1. The van der Waals surface area contributed by atoms with E-state index in [4.69, 9.17) is 10.6 Å². The molecule has 5 nitrogen and oxygen atoms in total. The van der Waals surface area contributed by atoms with E-state index >= 15 is 0 Å². The van der Waals surface area contributed by atoms with E-state index in [2.05, 4.69) is 0 Å². The van der Waals surface area contributed by atoms with E-state index in [1.54, 1.807) is 18.7 Å². The molecule has 0 amide bonds. The Morgan fingerprint density at radius 1 is 1.44 bits per heavy atom. The molecular weight excluding hydrogens is 235 g/mol. The maximum atomic E-state index is 13.4. The molecule has 3 N–H and O–H groups in total. The molecule has 0 aromatic heterocycles. The Morgan fingerprint density at radius 2 is 2.06 bits per heavy atom. The zero-order chi connectivity index (χ0) is 12.3. The second-order valence-corrected chi connectivity index (χ2v) is 5.09. The van der Waals surface area contributed by atoms with E-state index in [-0.39, 0.29) is 16.7 Å². The minimum Gasteiger partial charge on any atom is -0.488 e. The van der Waals surface area contributed by atoms with Gasteiger partial charge >= 0.3 is 0 Å². The third kappa shape index (κ3) is 2.91. The van der Waals surface area contributed by atoms with Crippen molar-refractivity contribution >= 4 is 10.0 Å². The molecule has 1 aromatic carbocycles. The van der Waals surface area contributed by atoms with E-state index in [9.17, 15) is 12.8 Å². The van der Waals surface area contributed by atoms with Crippen LogP contribution in [0.15, 0.2) is 23.1 Å². The Kier molecular flexibility index (Phi) is 3.84. The Balaban J connectivity index is 3.09. The number of nitrogens with two attached hydrogens (primary N) is 1. The molecule has 0 unspecified atom stereocenters. The first kappa shape index (κ1) is 12.9. The van der Waals surface area contributed by atoms with Gasteiger partial charge in [-0.2, -0.15) is 4.83 Å². The van der Waals surface area contributed by atoms with Crippen LogP contribution < -0.4 is 15.4 Å². The molecular formula is C9H13FN2O3S. The number of rotatable bonds is 4. The molecule has 0 aliphatic heterocycles. The summed E-state index contributed by atoms with van der Waals surface area (Å²) >= 11 is 0. The Morgan fingerprint density at radius 3 is 2.50 bits per heavy atom. The van der Waals surface area contributed by atoms with Gasteiger partial charge in [-0.05, 0) is 32.0 Å². The average Bonchev–Trinajstić information content (AvgIpc) is 2.20. The number of benzene rings is 1. The Bertz CT molecular complexity index is 474. The molecule has 0 bridgehead atoms. The van der Waals surface area contributed by atoms with Gasteiger partial charge in [-0.15, -0.1) is 0 Å². The third-order valence-corrected chi connectivity index (χ3v) is 2.92. The fourth-order valence-corrected chi connectivity index (χ4v) is 1.71. The summed E-state index contributed by atoms with van der Waals surface area (Å²) in [6.07, 6.45) is -0.190. The van der Waals surface area contributed by atoms with Gasteiger partial charge in [0.2, 0.25) is 0 Å². The van der Waals surface area contributed by atoms with Crippen LogP contribution in [0.2, 0.25) is 0 Å². The second kappa shape index (κ2) is 4.77. The predicted molar refractivity (Wildman–Crippen MR) is 56.7 cm³/mol. The van der Waals surface area contributed by atoms with Gasteiger partial charge < -0.3 is 4.74 Å². The van der Waals surface area contributed by atoms with Gasteiger partial charge in [0.25, 0.3) is 10.0 Å². The first-order valence-electron chi connectivity index (χ1n) is 4.55. The summed E-state index contributed by atoms with van der Waals surface area (Å²) in [4.78, 5) is 1.36. The van der Waals surface area contributed by atoms with Crippen LogP contribution in [0.5, 0.6) is 5.75 Å². The fourth-order valence-electron chi connectivity index (χ4n) is 1.07. The molecule has 0 saturated heterocycles. The van der Waals surface area contributed by atoms with Crippen LogP contribution in [0, 0.1) is 5.82 Å². The monoisotopic (exact) mass is 248 g/mol. The highest BCUT2D eigenvalue weighted by Gasteiger charge is 2.15. The van der Waals surface area contributed by atoms with Gasteiger partial charge in [0.15, 0.2) is 11.6 Å². The number of nitrogens with one attached hydrogen (secondary N) is 1. The topological polar surface area (TPSA) is 81.4 Å². The van der Waals surface area contributed by atoms with Crippen molar-refractivity contribution in [1.29, 1.82) is 0 Å². The molecule has 0 radical (unpaired) electrons. The van der Waals surface area contributed by atoms with Crippen molar-refractivity contribution < 1.29 is 17.5 Å². The molecule has 0 fully saturated rings. The molecule has 16 heavy (non-hydrogen) atoms. The van der Waals surface area contributed by atoms with Crippen LogP contribution in [0.25, 0.3) is 0 Å². The SMILES string of the molecule is CC(C)Oc1ccc(S(=O)(=O)NN)cc1F. The number of hydrogen-bond acceptors (Lipinski definition) is 4. The molecule has 90 valence electrons. The fraction of sp³-hybridized carbons (Fsp3) is 0.333. The van der Waals surface area contributed by atoms with Crippen molar-refractivity contribution in [3.63, 3.8) is 0 Å². The van der Waals surface area contributed by atoms with Crippen LogP contribution in [-0.4, -0.2) is 14.5 Å². The van der Waals surface area contributed by atoms with Gasteiger partial charge in [-0.1, -0.05) is 0 Å². The standard InChI is InChI=1S/C9H13FN2O3S/c1-6(2)15-9-4-3-7(5-8(9)10)16(13,14)12-11/h3-6,12H,11H2,1-2H3. The number of hydrazine groups is 1. The highest BCUT2D eigenvalue weighted by Crippen LogP contribution is 2.21. The lowest BCUT2D eigenvalue weighted by Crippen LogP contribution is -2.30. The summed E-state index contributed by atoms with van der Waals surface area (Å²) in [5.74, 6) is 4.08. The van der Waals surface area contributed by atoms with Gasteiger partial charge in [0.05, 0.1) is 11.0 Å². The third-order valence-electron chi connectivity index (χ3n) is 1.73. The van der Waals surface area contributed by atoms with Crippen LogP contribution in [0.4, 0.5) is 4.39 Å². The molecule has 0 aliphatic carbocycles. The zero-order valence-electron chi connectivity index (χ0n) is 8.90. The van der Waals surface area contributed by atoms with Gasteiger partial charge in [-0.3, -0.25) is 5.84 Å². The van der Waals surface area contributed by atoms with Gasteiger partial charge in [0, 0.05) is 0 Å². The smallest absolute Gasteiger partial charge is 0.253 e. The van der Waals surface area contributed by atoms with Crippen molar-refractivity contribution in [2.24, 2.45) is 5.84 Å². The van der Waals surface area contributed by atoms with E-state index in [0.29, 0.717) is 0 Å². The van der Waals surface area contributed by atoms with Gasteiger partial charge in [-0.25, -0.2) is 12.8 Å². The normalized spacial score (nSPS) is 11.8. The van der Waals surface area contributed by atoms with Crippen molar-refractivity contribution in [2.45, 2.75) is 24.8 Å². The number of sulfonamides is 1. The van der Waals surface area contributed by atoms with Crippen molar-refractivity contribution in [3.8, 4) is 5.75 Å². The first-order chi connectivity index (χ1) is 7.36. The number of ether oxygens (including phenoxy) is 1. The van der Waals surface area contributed by atoms with Crippen LogP contribution >= 0.6 is 0 Å². The second-order valence-electron chi connectivity index (χ2n) is 3.38. The number of hydrogen-bond donors (Lipinski definition) is 2. The summed E-state index contributed by atoms with van der Waals surface area (Å²) in [6, 6.07) is 3.32. The summed E-state index contributed by atoms with van der Waals surface area (Å²) < 4.78 is 41.0. The average molecular weight is 248 g/mol. The molecule has 1 rings (SSSR count). The highest BCUT2D eigenvalue weighted by molar-refractivity contribution is 7.89. The lowest BCUT2D eigenvalue weighted by Gasteiger charge is -2.11. The van der Waals surface area contributed by atoms with Crippen LogP contribution in [0.3, 0.4) is 0 Å². The summed E-state index contributed by atoms with van der Waals surface area (Å²) in [5.41, 5.74) is 0. The first-order valence-corrected chi connectivity index (χ1v) is 6.03. The molecule has 0 atom stereocenters. The molecule has 0 aliphatic rings. The maximum absolute atomic E-state index is 13.4. The Hall–Kier alpha value is -1.18.